The summed E-state index contributed by atoms with van der Waals surface area (Å²) in [5.41, 5.74) is 2.04. The lowest BCUT2D eigenvalue weighted by Gasteiger charge is -2.18. The Kier molecular flexibility index (Phi) is 3.38. The first-order valence-electron chi connectivity index (χ1n) is 5.73. The van der Waals surface area contributed by atoms with Crippen LogP contribution in [0.15, 0.2) is 30.4 Å². The normalized spacial score (nSPS) is 16.2. The average Bonchev–Trinajstić information content (AvgIpc) is 2.60. The molecule has 0 radical (unpaired) electrons. The molecule has 0 spiro atoms. The van der Waals surface area contributed by atoms with Gasteiger partial charge in [0.1, 0.15) is 12.2 Å². The van der Waals surface area contributed by atoms with Crippen LogP contribution in [0, 0.1) is 0 Å². The second-order valence-corrected chi connectivity index (χ2v) is 5.30. The maximum absolute atomic E-state index is 5.92. The number of fused-ring (bicyclic) bond motifs is 1. The molecule has 0 fully saturated rings. The summed E-state index contributed by atoms with van der Waals surface area (Å²) in [6, 6.07) is 6.03. The Morgan fingerprint density at radius 2 is 2.29 bits per heavy atom. The lowest BCUT2D eigenvalue weighted by molar-refractivity contribution is 0.133. The Morgan fingerprint density at radius 1 is 1.53 bits per heavy atom. The third kappa shape index (κ3) is 2.78. The van der Waals surface area contributed by atoms with E-state index < -0.39 is 0 Å². The number of hydrogen-bond acceptors (Lipinski definition) is 3. The van der Waals surface area contributed by atoms with Crippen LogP contribution in [0.3, 0.4) is 0 Å². The molecule has 1 aromatic carbocycles. The summed E-state index contributed by atoms with van der Waals surface area (Å²) in [4.78, 5) is 0. The van der Waals surface area contributed by atoms with Crippen molar-refractivity contribution >= 4 is 12.6 Å². The number of benzene rings is 1. The first-order valence-corrected chi connectivity index (χ1v) is 6.36. The van der Waals surface area contributed by atoms with Gasteiger partial charge in [-0.1, -0.05) is 18.7 Å². The van der Waals surface area contributed by atoms with Crippen LogP contribution in [0.4, 0.5) is 0 Å². The summed E-state index contributed by atoms with van der Waals surface area (Å²) in [6.07, 6.45) is 0.924. The van der Waals surface area contributed by atoms with Crippen molar-refractivity contribution in [3.63, 3.8) is 0 Å². The van der Waals surface area contributed by atoms with E-state index in [2.05, 4.69) is 39.1 Å². The minimum Gasteiger partial charge on any atom is -0.485 e. The highest BCUT2D eigenvalue weighted by atomic mass is 32.1. The highest BCUT2D eigenvalue weighted by Crippen LogP contribution is 2.41. The number of para-hydroxylation sites is 1. The van der Waals surface area contributed by atoms with Crippen LogP contribution in [0.5, 0.6) is 11.5 Å². The molecule has 0 amide bonds. The van der Waals surface area contributed by atoms with Crippen LogP contribution in [-0.4, -0.2) is 18.0 Å². The van der Waals surface area contributed by atoms with Crippen molar-refractivity contribution in [1.82, 2.24) is 0 Å². The summed E-state index contributed by atoms with van der Waals surface area (Å²) in [5.74, 6) is 2.32. The molecule has 1 aliphatic heterocycles. The van der Waals surface area contributed by atoms with Gasteiger partial charge in [-0.2, -0.15) is 12.6 Å². The highest BCUT2D eigenvalue weighted by Gasteiger charge is 2.32. The molecule has 2 rings (SSSR count). The van der Waals surface area contributed by atoms with E-state index in [1.165, 1.54) is 5.56 Å². The van der Waals surface area contributed by atoms with E-state index in [1.54, 1.807) is 0 Å². The standard InChI is InChI=1S/C14H18O2S/c1-10(9-17)8-15-12-6-4-5-11-7-14(2,3)16-13(11)12/h4-6,17H,1,7-9H2,2-3H3. The van der Waals surface area contributed by atoms with E-state index in [1.807, 2.05) is 12.1 Å². The van der Waals surface area contributed by atoms with Gasteiger partial charge in [0.15, 0.2) is 11.5 Å². The van der Waals surface area contributed by atoms with Gasteiger partial charge in [0.25, 0.3) is 0 Å². The quantitative estimate of drug-likeness (QED) is 0.653. The van der Waals surface area contributed by atoms with Crippen LogP contribution in [0.1, 0.15) is 19.4 Å². The molecule has 0 aromatic heterocycles. The number of rotatable bonds is 4. The maximum atomic E-state index is 5.92. The molecule has 2 nitrogen and oxygen atoms in total. The zero-order valence-corrected chi connectivity index (χ0v) is 11.2. The fourth-order valence-corrected chi connectivity index (χ4v) is 2.02. The molecule has 3 heteroatoms. The third-order valence-electron chi connectivity index (χ3n) is 2.71. The van der Waals surface area contributed by atoms with Gasteiger partial charge in [-0.3, -0.25) is 0 Å². The van der Waals surface area contributed by atoms with Crippen LogP contribution in [0.25, 0.3) is 0 Å². The summed E-state index contributed by atoms with van der Waals surface area (Å²) < 4.78 is 11.6. The van der Waals surface area contributed by atoms with Gasteiger partial charge in [0, 0.05) is 17.7 Å². The minimum absolute atomic E-state index is 0.137. The van der Waals surface area contributed by atoms with Crippen LogP contribution >= 0.6 is 12.6 Å². The molecule has 0 N–H and O–H groups in total. The summed E-state index contributed by atoms with van der Waals surface area (Å²) in [7, 11) is 0. The van der Waals surface area contributed by atoms with Crippen molar-refractivity contribution in [3.05, 3.63) is 35.9 Å². The highest BCUT2D eigenvalue weighted by molar-refractivity contribution is 7.80. The average molecular weight is 250 g/mol. The molecule has 1 aromatic rings. The number of thiol groups is 1. The fourth-order valence-electron chi connectivity index (χ4n) is 1.93. The van der Waals surface area contributed by atoms with Crippen molar-refractivity contribution in [1.29, 1.82) is 0 Å². The van der Waals surface area contributed by atoms with Gasteiger partial charge in [-0.15, -0.1) is 0 Å². The predicted octanol–water partition coefficient (Wildman–Crippen LogP) is 3.26. The molecular formula is C14H18O2S. The Bertz CT molecular complexity index is 438. The molecule has 0 saturated heterocycles. The monoisotopic (exact) mass is 250 g/mol. The van der Waals surface area contributed by atoms with Gasteiger partial charge in [0.05, 0.1) is 0 Å². The van der Waals surface area contributed by atoms with Crippen LogP contribution < -0.4 is 9.47 Å². The topological polar surface area (TPSA) is 18.5 Å². The van der Waals surface area contributed by atoms with Crippen molar-refractivity contribution < 1.29 is 9.47 Å². The van der Waals surface area contributed by atoms with E-state index in [0.29, 0.717) is 12.4 Å². The summed E-state index contributed by atoms with van der Waals surface area (Å²) >= 11 is 4.16. The smallest absolute Gasteiger partial charge is 0.165 e. The number of ether oxygens (including phenoxy) is 2. The van der Waals surface area contributed by atoms with E-state index in [9.17, 15) is 0 Å². The second-order valence-electron chi connectivity index (χ2n) is 4.98. The van der Waals surface area contributed by atoms with Crippen molar-refractivity contribution in [2.45, 2.75) is 25.9 Å². The molecule has 1 heterocycles. The number of hydrogen-bond donors (Lipinski definition) is 1. The van der Waals surface area contributed by atoms with Crippen molar-refractivity contribution in [2.75, 3.05) is 12.4 Å². The van der Waals surface area contributed by atoms with Gasteiger partial charge in [-0.25, -0.2) is 0 Å². The zero-order chi connectivity index (χ0) is 12.5. The Morgan fingerprint density at radius 3 is 3.00 bits per heavy atom. The van der Waals surface area contributed by atoms with Gasteiger partial charge in [-0.05, 0) is 25.5 Å². The minimum atomic E-state index is -0.137. The molecule has 0 saturated carbocycles. The lowest BCUT2D eigenvalue weighted by atomic mass is 10.0. The van der Waals surface area contributed by atoms with Gasteiger partial charge < -0.3 is 9.47 Å². The van der Waals surface area contributed by atoms with E-state index >= 15 is 0 Å². The molecule has 0 atom stereocenters. The Balaban J connectivity index is 2.16. The lowest BCUT2D eigenvalue weighted by Crippen LogP contribution is -2.24. The molecule has 0 bridgehead atoms. The fraction of sp³-hybridized carbons (Fsp3) is 0.429. The SMILES string of the molecule is C=C(CS)COc1cccc2c1OC(C)(C)C2. The largest absolute Gasteiger partial charge is 0.485 e. The Hall–Kier alpha value is -1.09. The third-order valence-corrected chi connectivity index (χ3v) is 3.16. The van der Waals surface area contributed by atoms with Gasteiger partial charge >= 0.3 is 0 Å². The van der Waals surface area contributed by atoms with Crippen molar-refractivity contribution in [3.8, 4) is 11.5 Å². The first kappa shape index (κ1) is 12.4. The molecule has 92 valence electrons. The van der Waals surface area contributed by atoms with Crippen LogP contribution in [-0.2, 0) is 6.42 Å². The summed E-state index contributed by atoms with van der Waals surface area (Å²) in [5, 5.41) is 0. The second kappa shape index (κ2) is 4.65. The van der Waals surface area contributed by atoms with E-state index in [0.717, 1.165) is 23.5 Å². The molecule has 0 unspecified atom stereocenters. The molecule has 17 heavy (non-hydrogen) atoms. The molecular weight excluding hydrogens is 232 g/mol. The first-order chi connectivity index (χ1) is 8.02. The van der Waals surface area contributed by atoms with E-state index in [-0.39, 0.29) is 5.60 Å². The van der Waals surface area contributed by atoms with Gasteiger partial charge in [0.2, 0.25) is 0 Å². The Labute approximate surface area is 108 Å². The van der Waals surface area contributed by atoms with E-state index in [4.69, 9.17) is 9.47 Å². The molecule has 0 aliphatic carbocycles. The summed E-state index contributed by atoms with van der Waals surface area (Å²) in [6.45, 7) is 8.53. The maximum Gasteiger partial charge on any atom is 0.165 e. The van der Waals surface area contributed by atoms with Crippen molar-refractivity contribution in [2.24, 2.45) is 0 Å². The van der Waals surface area contributed by atoms with Crippen LogP contribution in [0.2, 0.25) is 0 Å². The molecule has 1 aliphatic rings. The predicted molar refractivity (Wildman–Crippen MR) is 73.3 cm³/mol. The zero-order valence-electron chi connectivity index (χ0n) is 10.3.